The Balaban J connectivity index is 1.43. The maximum absolute atomic E-state index is 11.9. The molecule has 1 aliphatic carbocycles. The van der Waals surface area contributed by atoms with Gasteiger partial charge in [-0.2, -0.15) is 4.98 Å². The molecule has 1 aromatic carbocycles. The van der Waals surface area contributed by atoms with Crippen molar-refractivity contribution in [2.45, 2.75) is 39.7 Å². The second-order valence-electron chi connectivity index (χ2n) is 9.37. The molecule has 7 nitrogen and oxygen atoms in total. The fraction of sp³-hybridized carbons (Fsp3) is 0.423. The Morgan fingerprint density at radius 2 is 2.06 bits per heavy atom. The van der Waals surface area contributed by atoms with Crippen molar-refractivity contribution in [2.75, 3.05) is 26.3 Å². The second kappa shape index (κ2) is 8.76. The van der Waals surface area contributed by atoms with Gasteiger partial charge in [0.25, 0.3) is 0 Å². The number of benzene rings is 1. The van der Waals surface area contributed by atoms with Gasteiger partial charge in [-0.1, -0.05) is 6.92 Å². The molecule has 3 aromatic heterocycles. The van der Waals surface area contributed by atoms with Crippen LogP contribution in [0, 0.1) is 12.8 Å². The van der Waals surface area contributed by atoms with Crippen molar-refractivity contribution in [3.63, 3.8) is 0 Å². The standard InChI is InChI=1S/C26H27N3O4S/c1-15-3-5-19-21(11-15)34-26-24(19)25(27-22(28-26)14-29-7-9-31-10-8-29)32-17-4-6-18-16(2)12-23(30)33-20(18)13-17/h4,6,12-13,15H,3,5,7-11,14H2,1-2H3/t15-/m1/s1. The lowest BCUT2D eigenvalue weighted by Gasteiger charge is -2.25. The summed E-state index contributed by atoms with van der Waals surface area (Å²) in [5.41, 5.74) is 2.37. The summed E-state index contributed by atoms with van der Waals surface area (Å²) in [5, 5.41) is 1.93. The van der Waals surface area contributed by atoms with Gasteiger partial charge in [-0.3, -0.25) is 4.90 Å². The predicted molar refractivity (Wildman–Crippen MR) is 132 cm³/mol. The minimum atomic E-state index is -0.361. The average molecular weight is 478 g/mol. The number of hydrogen-bond donors (Lipinski definition) is 0. The van der Waals surface area contributed by atoms with Crippen LogP contribution in [0.2, 0.25) is 0 Å². The van der Waals surface area contributed by atoms with E-state index in [9.17, 15) is 4.79 Å². The summed E-state index contributed by atoms with van der Waals surface area (Å²) in [6, 6.07) is 7.13. The highest BCUT2D eigenvalue weighted by atomic mass is 32.1. The molecule has 2 aliphatic rings. The van der Waals surface area contributed by atoms with Crippen LogP contribution in [-0.2, 0) is 24.1 Å². The molecule has 176 valence electrons. The van der Waals surface area contributed by atoms with Gasteiger partial charge in [0.1, 0.15) is 22.0 Å². The smallest absolute Gasteiger partial charge is 0.336 e. The van der Waals surface area contributed by atoms with Crippen molar-refractivity contribution < 1.29 is 13.9 Å². The van der Waals surface area contributed by atoms with Crippen molar-refractivity contribution in [3.05, 3.63) is 56.5 Å². The average Bonchev–Trinajstić information content (AvgIpc) is 3.17. The Bertz CT molecular complexity index is 1440. The first kappa shape index (κ1) is 21.7. The van der Waals surface area contributed by atoms with E-state index in [0.717, 1.165) is 72.6 Å². The van der Waals surface area contributed by atoms with Gasteiger partial charge in [0.05, 0.1) is 25.1 Å². The van der Waals surface area contributed by atoms with Crippen LogP contribution in [0.5, 0.6) is 11.6 Å². The zero-order chi connectivity index (χ0) is 23.2. The van der Waals surface area contributed by atoms with Gasteiger partial charge in [0, 0.05) is 35.5 Å². The Morgan fingerprint density at radius 3 is 2.91 bits per heavy atom. The van der Waals surface area contributed by atoms with Crippen LogP contribution in [-0.4, -0.2) is 41.2 Å². The highest BCUT2D eigenvalue weighted by Crippen LogP contribution is 2.42. The van der Waals surface area contributed by atoms with Crippen molar-refractivity contribution in [1.29, 1.82) is 0 Å². The van der Waals surface area contributed by atoms with Crippen LogP contribution in [0.15, 0.2) is 33.5 Å². The third kappa shape index (κ3) is 4.10. The first-order chi connectivity index (χ1) is 16.5. The first-order valence-electron chi connectivity index (χ1n) is 11.9. The Morgan fingerprint density at radius 1 is 1.21 bits per heavy atom. The number of aryl methyl sites for hydroxylation is 2. The molecule has 1 atom stereocenters. The molecule has 0 amide bonds. The summed E-state index contributed by atoms with van der Waals surface area (Å²) < 4.78 is 17.3. The van der Waals surface area contributed by atoms with E-state index in [4.69, 9.17) is 23.9 Å². The van der Waals surface area contributed by atoms with E-state index in [-0.39, 0.29) is 5.63 Å². The second-order valence-corrected chi connectivity index (χ2v) is 10.5. The van der Waals surface area contributed by atoms with Crippen LogP contribution in [0.4, 0.5) is 0 Å². The van der Waals surface area contributed by atoms with Crippen molar-refractivity contribution in [2.24, 2.45) is 5.92 Å². The van der Waals surface area contributed by atoms with Crippen LogP contribution >= 0.6 is 11.3 Å². The molecule has 8 heteroatoms. The summed E-state index contributed by atoms with van der Waals surface area (Å²) in [7, 11) is 0. The summed E-state index contributed by atoms with van der Waals surface area (Å²) in [5.74, 6) is 2.63. The molecule has 0 saturated carbocycles. The Hall–Kier alpha value is -2.81. The van der Waals surface area contributed by atoms with Gasteiger partial charge in [-0.25, -0.2) is 9.78 Å². The van der Waals surface area contributed by atoms with Gasteiger partial charge >= 0.3 is 5.63 Å². The molecule has 4 heterocycles. The SMILES string of the molecule is Cc1cc(=O)oc2cc(Oc3nc(CN4CCOCC4)nc4sc5c(c34)CC[C@@H](C)C5)ccc12. The van der Waals surface area contributed by atoms with Crippen LogP contribution < -0.4 is 10.4 Å². The molecule has 0 spiro atoms. The first-order valence-corrected chi connectivity index (χ1v) is 12.7. The molecule has 34 heavy (non-hydrogen) atoms. The van der Waals surface area contributed by atoms with E-state index in [1.54, 1.807) is 17.4 Å². The number of hydrogen-bond acceptors (Lipinski definition) is 8. The van der Waals surface area contributed by atoms with E-state index in [1.807, 2.05) is 19.1 Å². The molecule has 6 rings (SSSR count). The van der Waals surface area contributed by atoms with E-state index < -0.39 is 0 Å². The van der Waals surface area contributed by atoms with Crippen molar-refractivity contribution in [1.82, 2.24) is 14.9 Å². The quantitative estimate of drug-likeness (QED) is 0.389. The third-order valence-corrected chi connectivity index (χ3v) is 7.92. The van der Waals surface area contributed by atoms with E-state index >= 15 is 0 Å². The largest absolute Gasteiger partial charge is 0.438 e. The molecule has 1 fully saturated rings. The maximum Gasteiger partial charge on any atom is 0.336 e. The highest BCUT2D eigenvalue weighted by Gasteiger charge is 2.25. The molecule has 4 aromatic rings. The zero-order valence-corrected chi connectivity index (χ0v) is 20.2. The zero-order valence-electron chi connectivity index (χ0n) is 19.4. The molecule has 0 radical (unpaired) electrons. The van der Waals surface area contributed by atoms with Crippen LogP contribution in [0.3, 0.4) is 0 Å². The topological polar surface area (TPSA) is 77.7 Å². The molecular weight excluding hydrogens is 450 g/mol. The number of ether oxygens (including phenoxy) is 2. The normalized spacial score (nSPS) is 18.9. The summed E-state index contributed by atoms with van der Waals surface area (Å²) >= 11 is 1.78. The van der Waals surface area contributed by atoms with E-state index in [1.165, 1.54) is 16.5 Å². The molecule has 0 N–H and O–H groups in total. The lowest BCUT2D eigenvalue weighted by atomic mass is 9.89. The number of thiophene rings is 1. The Labute approximate surface area is 201 Å². The highest BCUT2D eigenvalue weighted by molar-refractivity contribution is 7.18. The van der Waals surface area contributed by atoms with Crippen molar-refractivity contribution in [3.8, 4) is 11.6 Å². The number of morpholine rings is 1. The maximum atomic E-state index is 11.9. The number of nitrogens with zero attached hydrogens (tertiary/aromatic N) is 3. The molecular formula is C26H27N3O4S. The number of fused-ring (bicyclic) bond motifs is 4. The number of rotatable bonds is 4. The Kier molecular flexibility index (Phi) is 5.59. The van der Waals surface area contributed by atoms with E-state index in [2.05, 4.69) is 11.8 Å². The molecule has 1 aliphatic heterocycles. The number of aromatic nitrogens is 2. The molecule has 1 saturated heterocycles. The minimum absolute atomic E-state index is 0.361. The van der Waals surface area contributed by atoms with Gasteiger partial charge in [0.2, 0.25) is 5.88 Å². The minimum Gasteiger partial charge on any atom is -0.438 e. The van der Waals surface area contributed by atoms with Gasteiger partial charge in [-0.15, -0.1) is 11.3 Å². The predicted octanol–water partition coefficient (Wildman–Crippen LogP) is 4.86. The van der Waals surface area contributed by atoms with Gasteiger partial charge < -0.3 is 13.9 Å². The lowest BCUT2D eigenvalue weighted by Crippen LogP contribution is -2.36. The summed E-state index contributed by atoms with van der Waals surface area (Å²) in [6.45, 7) is 8.10. The summed E-state index contributed by atoms with van der Waals surface area (Å²) in [4.78, 5) is 26.5. The lowest BCUT2D eigenvalue weighted by molar-refractivity contribution is 0.0330. The van der Waals surface area contributed by atoms with Crippen LogP contribution in [0.25, 0.3) is 21.2 Å². The fourth-order valence-electron chi connectivity index (χ4n) is 4.94. The van der Waals surface area contributed by atoms with Crippen LogP contribution in [0.1, 0.15) is 35.2 Å². The van der Waals surface area contributed by atoms with Gasteiger partial charge in [0.15, 0.2) is 0 Å². The van der Waals surface area contributed by atoms with Gasteiger partial charge in [-0.05, 0) is 55.4 Å². The summed E-state index contributed by atoms with van der Waals surface area (Å²) in [6.07, 6.45) is 3.26. The molecule has 0 unspecified atom stereocenters. The monoisotopic (exact) mass is 477 g/mol. The van der Waals surface area contributed by atoms with E-state index in [0.29, 0.717) is 29.7 Å². The molecule has 0 bridgehead atoms. The van der Waals surface area contributed by atoms with Crippen molar-refractivity contribution >= 4 is 32.5 Å². The third-order valence-electron chi connectivity index (χ3n) is 6.77. The fourth-order valence-corrected chi connectivity index (χ4v) is 6.33.